The number of thiophene rings is 1. The Balaban J connectivity index is 1.82. The molecule has 3 rings (SSSR count). The van der Waals surface area contributed by atoms with E-state index >= 15 is 0 Å². The van der Waals surface area contributed by atoms with Crippen LogP contribution in [0.25, 0.3) is 0 Å². The van der Waals surface area contributed by atoms with Gasteiger partial charge in [0.15, 0.2) is 0 Å². The molecule has 0 radical (unpaired) electrons. The monoisotopic (exact) mass is 300 g/mol. The Bertz CT molecular complexity index is 590. The summed E-state index contributed by atoms with van der Waals surface area (Å²) in [6, 6.07) is 11.6. The molecular weight excluding hydrogens is 276 g/mol. The largest absolute Gasteiger partial charge is 0.329 e. The van der Waals surface area contributed by atoms with E-state index in [-0.39, 0.29) is 0 Å². The molecule has 1 aliphatic heterocycles. The lowest BCUT2D eigenvalue weighted by atomic mass is 10.0. The van der Waals surface area contributed by atoms with Crippen LogP contribution in [0.15, 0.2) is 30.3 Å². The fraction of sp³-hybridized carbons (Fsp3) is 0.444. The summed E-state index contributed by atoms with van der Waals surface area (Å²) in [6.07, 6.45) is 2.27. The second kappa shape index (κ2) is 6.30. The molecule has 2 N–H and O–H groups in total. The van der Waals surface area contributed by atoms with E-state index in [1.165, 1.54) is 26.4 Å². The highest BCUT2D eigenvalue weighted by Crippen LogP contribution is 2.31. The van der Waals surface area contributed by atoms with Crippen molar-refractivity contribution in [2.45, 2.75) is 32.7 Å². The molecule has 0 fully saturated rings. The molecule has 1 unspecified atom stereocenters. The quantitative estimate of drug-likeness (QED) is 0.940. The number of fused-ring (bicyclic) bond motifs is 1. The number of aryl methyl sites for hydroxylation is 2. The molecule has 1 aromatic carbocycles. The number of rotatable bonds is 3. The van der Waals surface area contributed by atoms with Crippen molar-refractivity contribution < 1.29 is 0 Å². The fourth-order valence-electron chi connectivity index (χ4n) is 3.45. The SMILES string of the molecule is Cc1cc(C(CN)N2CCc3ccccc3CC2)c(C)s1. The summed E-state index contributed by atoms with van der Waals surface area (Å²) in [7, 11) is 0. The average Bonchev–Trinajstić information content (AvgIpc) is 2.70. The summed E-state index contributed by atoms with van der Waals surface area (Å²) in [6.45, 7) is 7.32. The van der Waals surface area contributed by atoms with Crippen LogP contribution in [0, 0.1) is 13.8 Å². The lowest BCUT2D eigenvalue weighted by Crippen LogP contribution is -2.35. The van der Waals surface area contributed by atoms with E-state index in [0.717, 1.165) is 25.9 Å². The van der Waals surface area contributed by atoms with Crippen molar-refractivity contribution in [3.63, 3.8) is 0 Å². The maximum atomic E-state index is 6.13. The molecule has 112 valence electrons. The van der Waals surface area contributed by atoms with Gasteiger partial charge in [-0.25, -0.2) is 0 Å². The first-order valence-electron chi connectivity index (χ1n) is 7.77. The zero-order chi connectivity index (χ0) is 14.8. The molecule has 1 aromatic heterocycles. The minimum Gasteiger partial charge on any atom is -0.329 e. The number of nitrogens with two attached hydrogens (primary N) is 1. The second-order valence-corrected chi connectivity index (χ2v) is 7.39. The van der Waals surface area contributed by atoms with Gasteiger partial charge >= 0.3 is 0 Å². The Morgan fingerprint density at radius 1 is 1.14 bits per heavy atom. The van der Waals surface area contributed by atoms with Gasteiger partial charge in [-0.3, -0.25) is 4.90 Å². The number of benzene rings is 1. The van der Waals surface area contributed by atoms with Crippen molar-refractivity contribution in [3.8, 4) is 0 Å². The number of hydrogen-bond donors (Lipinski definition) is 1. The van der Waals surface area contributed by atoms with E-state index < -0.39 is 0 Å². The van der Waals surface area contributed by atoms with E-state index in [1.807, 2.05) is 11.3 Å². The molecule has 2 heterocycles. The van der Waals surface area contributed by atoms with Crippen LogP contribution < -0.4 is 5.73 Å². The molecule has 3 heteroatoms. The number of hydrogen-bond acceptors (Lipinski definition) is 3. The van der Waals surface area contributed by atoms with Crippen LogP contribution in [0.5, 0.6) is 0 Å². The summed E-state index contributed by atoms with van der Waals surface area (Å²) in [4.78, 5) is 5.39. The van der Waals surface area contributed by atoms with E-state index in [4.69, 9.17) is 5.73 Å². The zero-order valence-electron chi connectivity index (χ0n) is 12.9. The Labute approximate surface area is 131 Å². The predicted octanol–water partition coefficient (Wildman–Crippen LogP) is 3.47. The summed E-state index contributed by atoms with van der Waals surface area (Å²) in [5.74, 6) is 0. The Kier molecular flexibility index (Phi) is 4.43. The summed E-state index contributed by atoms with van der Waals surface area (Å²) in [5.41, 5.74) is 10.6. The van der Waals surface area contributed by atoms with Crippen molar-refractivity contribution >= 4 is 11.3 Å². The van der Waals surface area contributed by atoms with Gasteiger partial charge in [0.1, 0.15) is 0 Å². The van der Waals surface area contributed by atoms with Crippen molar-refractivity contribution in [3.05, 3.63) is 56.8 Å². The third-order valence-corrected chi connectivity index (χ3v) is 5.54. The third kappa shape index (κ3) is 3.05. The molecule has 2 nitrogen and oxygen atoms in total. The summed E-state index contributed by atoms with van der Waals surface area (Å²) in [5, 5.41) is 0. The van der Waals surface area contributed by atoms with Crippen LogP contribution in [-0.4, -0.2) is 24.5 Å². The lowest BCUT2D eigenvalue weighted by Gasteiger charge is -2.30. The van der Waals surface area contributed by atoms with Crippen LogP contribution in [0.3, 0.4) is 0 Å². The molecule has 1 aliphatic rings. The van der Waals surface area contributed by atoms with Gasteiger partial charge < -0.3 is 5.73 Å². The normalized spacial score (nSPS) is 17.3. The molecule has 21 heavy (non-hydrogen) atoms. The summed E-state index contributed by atoms with van der Waals surface area (Å²) < 4.78 is 0. The van der Waals surface area contributed by atoms with Gasteiger partial charge in [0.25, 0.3) is 0 Å². The van der Waals surface area contributed by atoms with E-state index in [1.54, 1.807) is 0 Å². The Morgan fingerprint density at radius 2 is 1.76 bits per heavy atom. The first-order valence-corrected chi connectivity index (χ1v) is 8.58. The topological polar surface area (TPSA) is 29.3 Å². The minimum absolute atomic E-state index is 0.365. The standard InChI is InChI=1S/C18H24N2S/c1-13-11-17(14(2)21-13)18(12-19)20-9-7-15-5-3-4-6-16(15)8-10-20/h3-6,11,18H,7-10,12,19H2,1-2H3. The average molecular weight is 300 g/mol. The Hall–Kier alpha value is -1.16. The van der Waals surface area contributed by atoms with Gasteiger partial charge in [-0.15, -0.1) is 11.3 Å². The third-order valence-electron chi connectivity index (χ3n) is 4.56. The highest BCUT2D eigenvalue weighted by molar-refractivity contribution is 7.12. The first kappa shape index (κ1) is 14.8. The molecular formula is C18H24N2S. The minimum atomic E-state index is 0.365. The smallest absolute Gasteiger partial charge is 0.0481 e. The van der Waals surface area contributed by atoms with E-state index in [9.17, 15) is 0 Å². The van der Waals surface area contributed by atoms with Crippen LogP contribution >= 0.6 is 11.3 Å². The molecule has 0 spiro atoms. The number of nitrogens with zero attached hydrogens (tertiary/aromatic N) is 1. The highest BCUT2D eigenvalue weighted by Gasteiger charge is 2.24. The molecule has 0 saturated carbocycles. The fourth-order valence-corrected chi connectivity index (χ4v) is 4.43. The van der Waals surface area contributed by atoms with Crippen molar-refractivity contribution in [2.24, 2.45) is 5.73 Å². The molecule has 0 bridgehead atoms. The summed E-state index contributed by atoms with van der Waals surface area (Å²) >= 11 is 1.89. The van der Waals surface area contributed by atoms with Crippen molar-refractivity contribution in [2.75, 3.05) is 19.6 Å². The Morgan fingerprint density at radius 3 is 2.24 bits per heavy atom. The van der Waals surface area contributed by atoms with E-state index in [2.05, 4.69) is 49.1 Å². The van der Waals surface area contributed by atoms with Crippen LogP contribution in [0.2, 0.25) is 0 Å². The van der Waals surface area contributed by atoms with Gasteiger partial charge in [-0.1, -0.05) is 24.3 Å². The predicted molar refractivity (Wildman–Crippen MR) is 91.0 cm³/mol. The first-order chi connectivity index (χ1) is 10.2. The van der Waals surface area contributed by atoms with Crippen molar-refractivity contribution in [1.29, 1.82) is 0 Å². The van der Waals surface area contributed by atoms with Gasteiger partial charge in [-0.05, 0) is 49.4 Å². The van der Waals surface area contributed by atoms with Gasteiger partial charge in [-0.2, -0.15) is 0 Å². The molecule has 0 aliphatic carbocycles. The van der Waals surface area contributed by atoms with Gasteiger partial charge in [0, 0.05) is 35.4 Å². The highest BCUT2D eigenvalue weighted by atomic mass is 32.1. The molecule has 2 aromatic rings. The zero-order valence-corrected chi connectivity index (χ0v) is 13.7. The van der Waals surface area contributed by atoms with Crippen molar-refractivity contribution in [1.82, 2.24) is 4.90 Å². The van der Waals surface area contributed by atoms with Gasteiger partial charge in [0.05, 0.1) is 0 Å². The van der Waals surface area contributed by atoms with E-state index in [0.29, 0.717) is 12.6 Å². The maximum Gasteiger partial charge on any atom is 0.0481 e. The van der Waals surface area contributed by atoms with Gasteiger partial charge in [0.2, 0.25) is 0 Å². The second-order valence-electron chi connectivity index (χ2n) is 5.92. The maximum absolute atomic E-state index is 6.13. The molecule has 0 amide bonds. The van der Waals surface area contributed by atoms with Crippen LogP contribution in [-0.2, 0) is 12.8 Å². The molecule has 0 saturated heterocycles. The lowest BCUT2D eigenvalue weighted by molar-refractivity contribution is 0.211. The van der Waals surface area contributed by atoms with Crippen LogP contribution in [0.4, 0.5) is 0 Å². The molecule has 1 atom stereocenters. The van der Waals surface area contributed by atoms with Crippen LogP contribution in [0.1, 0.15) is 32.5 Å².